The zero-order valence-electron chi connectivity index (χ0n) is 9.82. The number of methoxy groups -OCH3 is 2. The van der Waals surface area contributed by atoms with E-state index >= 15 is 0 Å². The summed E-state index contributed by atoms with van der Waals surface area (Å²) in [6, 6.07) is 1.58. The van der Waals surface area contributed by atoms with Crippen molar-refractivity contribution in [3.63, 3.8) is 0 Å². The Labute approximate surface area is 94.8 Å². The van der Waals surface area contributed by atoms with Crippen molar-refractivity contribution in [1.29, 1.82) is 0 Å². The minimum Gasteiger partial charge on any atom is -0.481 e. The van der Waals surface area contributed by atoms with E-state index in [2.05, 4.69) is 9.97 Å². The summed E-state index contributed by atoms with van der Waals surface area (Å²) in [6.07, 6.45) is 1.60. The van der Waals surface area contributed by atoms with E-state index in [0.29, 0.717) is 24.0 Å². The Morgan fingerprint density at radius 2 is 1.81 bits per heavy atom. The van der Waals surface area contributed by atoms with Crippen LogP contribution in [0.1, 0.15) is 25.6 Å². The largest absolute Gasteiger partial charge is 0.481 e. The molecule has 1 rings (SSSR count). The number of rotatable bonds is 6. The van der Waals surface area contributed by atoms with Crippen LogP contribution in [-0.2, 0) is 11.2 Å². The van der Waals surface area contributed by atoms with Gasteiger partial charge in [0.25, 0.3) is 0 Å². The highest BCUT2D eigenvalue weighted by molar-refractivity contribution is 5.80. The van der Waals surface area contributed by atoms with Gasteiger partial charge in [0, 0.05) is 6.42 Å². The van der Waals surface area contributed by atoms with Crippen LogP contribution in [0.25, 0.3) is 0 Å². The van der Waals surface area contributed by atoms with Crippen molar-refractivity contribution in [2.24, 2.45) is 0 Å². The number of aromatic nitrogens is 2. The molecule has 5 nitrogen and oxygen atoms in total. The molecule has 0 aliphatic rings. The van der Waals surface area contributed by atoms with E-state index in [0.717, 1.165) is 6.42 Å². The van der Waals surface area contributed by atoms with E-state index in [1.807, 2.05) is 6.92 Å². The van der Waals surface area contributed by atoms with Crippen LogP contribution in [0.3, 0.4) is 0 Å². The van der Waals surface area contributed by atoms with Crippen molar-refractivity contribution < 1.29 is 14.3 Å². The lowest BCUT2D eigenvalue weighted by atomic mass is 10.2. The van der Waals surface area contributed by atoms with Gasteiger partial charge in [-0.3, -0.25) is 4.79 Å². The molecule has 0 N–H and O–H groups in total. The van der Waals surface area contributed by atoms with Crippen molar-refractivity contribution in [2.45, 2.75) is 26.2 Å². The van der Waals surface area contributed by atoms with Gasteiger partial charge >= 0.3 is 0 Å². The molecule has 0 saturated carbocycles. The van der Waals surface area contributed by atoms with Crippen LogP contribution in [0.4, 0.5) is 0 Å². The Balaban J connectivity index is 2.82. The molecule has 0 saturated heterocycles. The molecule has 0 aliphatic carbocycles. The van der Waals surface area contributed by atoms with E-state index in [9.17, 15) is 4.79 Å². The van der Waals surface area contributed by atoms with Gasteiger partial charge in [0.2, 0.25) is 11.8 Å². The van der Waals surface area contributed by atoms with Gasteiger partial charge in [-0.2, -0.15) is 9.97 Å². The lowest BCUT2D eigenvalue weighted by Gasteiger charge is -2.05. The Kier molecular flexibility index (Phi) is 4.69. The number of carbonyl (C=O) groups is 1. The van der Waals surface area contributed by atoms with Crippen molar-refractivity contribution in [1.82, 2.24) is 9.97 Å². The first kappa shape index (κ1) is 12.4. The molecule has 0 unspecified atom stereocenters. The molecule has 0 spiro atoms. The Morgan fingerprint density at radius 3 is 2.25 bits per heavy atom. The summed E-state index contributed by atoms with van der Waals surface area (Å²) >= 11 is 0. The fourth-order valence-corrected chi connectivity index (χ4v) is 1.28. The van der Waals surface area contributed by atoms with Gasteiger partial charge in [-0.25, -0.2) is 0 Å². The summed E-state index contributed by atoms with van der Waals surface area (Å²) in [4.78, 5) is 19.6. The second kappa shape index (κ2) is 6.05. The average Bonchev–Trinajstić information content (AvgIpc) is 2.28. The number of ether oxygens (including phenoxy) is 2. The molecule has 0 amide bonds. The quantitative estimate of drug-likeness (QED) is 0.731. The lowest BCUT2D eigenvalue weighted by Crippen LogP contribution is -2.07. The smallest absolute Gasteiger partial charge is 0.220 e. The molecule has 0 bridgehead atoms. The molecule has 0 atom stereocenters. The molecule has 1 aromatic heterocycles. The molecule has 16 heavy (non-hydrogen) atoms. The average molecular weight is 224 g/mol. The number of hydrogen-bond acceptors (Lipinski definition) is 5. The predicted octanol–water partition coefficient (Wildman–Crippen LogP) is 1.41. The highest BCUT2D eigenvalue weighted by Crippen LogP contribution is 2.15. The molecular formula is C11H16N2O3. The topological polar surface area (TPSA) is 61.3 Å². The molecule has 88 valence electrons. The molecule has 0 aromatic carbocycles. The summed E-state index contributed by atoms with van der Waals surface area (Å²) in [5.74, 6) is 1.38. The Bertz CT molecular complexity index is 344. The fraction of sp³-hybridized carbons (Fsp3) is 0.545. The van der Waals surface area contributed by atoms with Crippen molar-refractivity contribution >= 4 is 5.78 Å². The minimum absolute atomic E-state index is 0.123. The molecule has 5 heteroatoms. The molecule has 0 aliphatic heterocycles. The second-order valence-corrected chi connectivity index (χ2v) is 3.33. The normalized spacial score (nSPS) is 9.94. The SMILES string of the molecule is CCCC(=O)Cc1nc(OC)cc(OC)n1. The summed E-state index contributed by atoms with van der Waals surface area (Å²) < 4.78 is 9.99. The standard InChI is InChI=1S/C11H16N2O3/c1-4-5-8(14)6-9-12-10(15-2)7-11(13-9)16-3/h7H,4-6H2,1-3H3. The first-order valence-corrected chi connectivity index (χ1v) is 5.17. The van der Waals surface area contributed by atoms with E-state index in [1.165, 1.54) is 14.2 Å². The van der Waals surface area contributed by atoms with E-state index < -0.39 is 0 Å². The summed E-state index contributed by atoms with van der Waals surface area (Å²) in [6.45, 7) is 1.96. The first-order valence-electron chi connectivity index (χ1n) is 5.17. The maximum absolute atomic E-state index is 11.5. The fourth-order valence-electron chi connectivity index (χ4n) is 1.28. The molecule has 0 fully saturated rings. The van der Waals surface area contributed by atoms with Gasteiger partial charge in [-0.1, -0.05) is 6.92 Å². The second-order valence-electron chi connectivity index (χ2n) is 3.33. The zero-order chi connectivity index (χ0) is 12.0. The number of Topliss-reactive ketones (excluding diaryl/α,β-unsaturated/α-hetero) is 1. The van der Waals surface area contributed by atoms with Crippen LogP contribution >= 0.6 is 0 Å². The Morgan fingerprint density at radius 1 is 1.25 bits per heavy atom. The third-order valence-corrected chi connectivity index (χ3v) is 2.03. The summed E-state index contributed by atoms with van der Waals surface area (Å²) in [5.41, 5.74) is 0. The van der Waals surface area contributed by atoms with Gasteiger partial charge in [-0.15, -0.1) is 0 Å². The van der Waals surface area contributed by atoms with Crippen LogP contribution in [0.15, 0.2) is 6.07 Å². The van der Waals surface area contributed by atoms with E-state index in [4.69, 9.17) is 9.47 Å². The van der Waals surface area contributed by atoms with Crippen LogP contribution < -0.4 is 9.47 Å². The first-order chi connectivity index (χ1) is 7.69. The third-order valence-electron chi connectivity index (χ3n) is 2.03. The van der Waals surface area contributed by atoms with Gasteiger partial charge in [0.05, 0.1) is 26.7 Å². The maximum Gasteiger partial charge on any atom is 0.220 e. The number of hydrogen-bond donors (Lipinski definition) is 0. The van der Waals surface area contributed by atoms with Crippen molar-refractivity contribution in [2.75, 3.05) is 14.2 Å². The van der Waals surface area contributed by atoms with Gasteiger partial charge in [0.15, 0.2) is 0 Å². The molecular weight excluding hydrogens is 208 g/mol. The van der Waals surface area contributed by atoms with Crippen LogP contribution in [0.5, 0.6) is 11.8 Å². The highest BCUT2D eigenvalue weighted by Gasteiger charge is 2.09. The van der Waals surface area contributed by atoms with Crippen molar-refractivity contribution in [3.8, 4) is 11.8 Å². The number of carbonyl (C=O) groups excluding carboxylic acids is 1. The molecule has 1 heterocycles. The summed E-state index contributed by atoms with van der Waals surface area (Å²) in [7, 11) is 3.03. The van der Waals surface area contributed by atoms with Crippen LogP contribution in [0.2, 0.25) is 0 Å². The van der Waals surface area contributed by atoms with Gasteiger partial charge < -0.3 is 9.47 Å². The lowest BCUT2D eigenvalue weighted by molar-refractivity contribution is -0.118. The van der Waals surface area contributed by atoms with E-state index in [1.54, 1.807) is 6.07 Å². The zero-order valence-corrected chi connectivity index (χ0v) is 9.82. The van der Waals surface area contributed by atoms with Crippen molar-refractivity contribution in [3.05, 3.63) is 11.9 Å². The minimum atomic E-state index is 0.123. The number of ketones is 1. The third kappa shape index (κ3) is 3.49. The number of nitrogens with zero attached hydrogens (tertiary/aromatic N) is 2. The molecule has 1 aromatic rings. The highest BCUT2D eigenvalue weighted by atomic mass is 16.5. The van der Waals surface area contributed by atoms with E-state index in [-0.39, 0.29) is 12.2 Å². The predicted molar refractivity (Wildman–Crippen MR) is 58.8 cm³/mol. The molecule has 0 radical (unpaired) electrons. The summed E-state index contributed by atoms with van der Waals surface area (Å²) in [5, 5.41) is 0. The Hall–Kier alpha value is -1.65. The maximum atomic E-state index is 11.5. The van der Waals surface area contributed by atoms with Crippen LogP contribution in [-0.4, -0.2) is 30.0 Å². The van der Waals surface area contributed by atoms with Crippen LogP contribution in [0, 0.1) is 0 Å². The van der Waals surface area contributed by atoms with Gasteiger partial charge in [0.1, 0.15) is 11.6 Å². The monoisotopic (exact) mass is 224 g/mol. The van der Waals surface area contributed by atoms with Gasteiger partial charge in [-0.05, 0) is 6.42 Å².